The molecular formula is C23H30ClN7O2S. The van der Waals surface area contributed by atoms with Crippen molar-refractivity contribution >= 4 is 45.0 Å². The predicted octanol–water partition coefficient (Wildman–Crippen LogP) is 2.98. The highest BCUT2D eigenvalue weighted by molar-refractivity contribution is 7.17. The number of rotatable bonds is 5. The number of ether oxygens (including phenoxy) is 1. The van der Waals surface area contributed by atoms with E-state index in [1.165, 1.54) is 5.56 Å². The fraction of sp³-hybridized carbons (Fsp3) is 0.565. The quantitative estimate of drug-likeness (QED) is 0.529. The molecule has 11 heteroatoms. The molecule has 0 N–H and O–H groups in total. The zero-order valence-electron chi connectivity index (χ0n) is 19.8. The molecule has 1 amide bonds. The van der Waals surface area contributed by atoms with Crippen LogP contribution < -0.4 is 4.90 Å². The van der Waals surface area contributed by atoms with E-state index in [1.54, 1.807) is 11.3 Å². The molecular weight excluding hydrogens is 474 g/mol. The first-order valence-electron chi connectivity index (χ1n) is 11.7. The molecule has 182 valence electrons. The third-order valence-corrected chi connectivity index (χ3v) is 7.60. The smallest absolute Gasteiger partial charge is 0.228 e. The molecule has 0 radical (unpaired) electrons. The van der Waals surface area contributed by atoms with E-state index in [1.807, 2.05) is 36.4 Å². The number of hydrogen-bond donors (Lipinski definition) is 0. The van der Waals surface area contributed by atoms with E-state index in [9.17, 15) is 4.79 Å². The van der Waals surface area contributed by atoms with Gasteiger partial charge in [0.15, 0.2) is 5.82 Å². The first kappa shape index (κ1) is 23.5. The van der Waals surface area contributed by atoms with Gasteiger partial charge >= 0.3 is 0 Å². The van der Waals surface area contributed by atoms with Gasteiger partial charge in [-0.3, -0.25) is 14.3 Å². The monoisotopic (exact) mass is 503 g/mol. The molecule has 2 aliphatic rings. The number of fused-ring (bicyclic) bond motifs is 1. The van der Waals surface area contributed by atoms with Gasteiger partial charge in [-0.2, -0.15) is 4.98 Å². The van der Waals surface area contributed by atoms with Gasteiger partial charge in [0.1, 0.15) is 11.0 Å². The molecule has 9 nitrogen and oxygen atoms in total. The number of nitrogens with zero attached hydrogens (tertiary/aromatic N) is 7. The Balaban J connectivity index is 1.46. The molecule has 0 bridgehead atoms. The average molecular weight is 504 g/mol. The van der Waals surface area contributed by atoms with Crippen molar-refractivity contribution in [3.05, 3.63) is 28.1 Å². The highest BCUT2D eigenvalue weighted by atomic mass is 35.5. The summed E-state index contributed by atoms with van der Waals surface area (Å²) in [6, 6.07) is 0. The average Bonchev–Trinajstić information content (AvgIpc) is 3.40. The highest BCUT2D eigenvalue weighted by Gasteiger charge is 2.25. The number of anilines is 1. The summed E-state index contributed by atoms with van der Waals surface area (Å²) in [5.74, 6) is 2.59. The normalized spacial score (nSPS) is 17.8. The number of aryl methyl sites for hydroxylation is 1. The van der Waals surface area contributed by atoms with Crippen molar-refractivity contribution < 1.29 is 9.53 Å². The number of thiophene rings is 1. The van der Waals surface area contributed by atoms with Crippen molar-refractivity contribution in [2.75, 3.05) is 57.4 Å². The summed E-state index contributed by atoms with van der Waals surface area (Å²) in [5.41, 5.74) is 2.16. The molecule has 3 aromatic heterocycles. The summed E-state index contributed by atoms with van der Waals surface area (Å²) in [4.78, 5) is 33.3. The molecule has 2 aliphatic heterocycles. The van der Waals surface area contributed by atoms with Crippen LogP contribution in [-0.2, 0) is 16.1 Å². The van der Waals surface area contributed by atoms with Crippen LogP contribution in [0.3, 0.4) is 0 Å². The van der Waals surface area contributed by atoms with Crippen molar-refractivity contribution in [3.8, 4) is 5.82 Å². The van der Waals surface area contributed by atoms with Gasteiger partial charge in [-0.15, -0.1) is 11.3 Å². The SMILES string of the molecule is Cc1nc(Cl)cn1-c1nc(N2CCOCC2)nc2c(CN3CCN(C(=O)C(C)C)CC3)csc12. The summed E-state index contributed by atoms with van der Waals surface area (Å²) in [6.45, 7) is 12.8. The molecule has 0 aliphatic carbocycles. The molecule has 0 aromatic carbocycles. The standard InChI is InChI=1S/C23H30ClN7O2S/c1-15(2)22(32)29-6-4-28(5-7-29)12-17-14-34-20-19(17)26-23(30-8-10-33-11-9-30)27-21(20)31-13-18(24)25-16(31)3/h13-15H,4-12H2,1-3H3. The maximum atomic E-state index is 12.3. The first-order chi connectivity index (χ1) is 16.4. The van der Waals surface area contributed by atoms with Gasteiger partial charge in [-0.05, 0) is 12.3 Å². The Hall–Kier alpha value is -2.27. The molecule has 5 rings (SSSR count). The zero-order valence-corrected chi connectivity index (χ0v) is 21.4. The molecule has 2 fully saturated rings. The van der Waals surface area contributed by atoms with Crippen molar-refractivity contribution in [1.29, 1.82) is 0 Å². The van der Waals surface area contributed by atoms with Gasteiger partial charge < -0.3 is 14.5 Å². The Morgan fingerprint density at radius 3 is 2.50 bits per heavy atom. The van der Waals surface area contributed by atoms with Crippen LogP contribution in [0.15, 0.2) is 11.6 Å². The van der Waals surface area contributed by atoms with E-state index in [-0.39, 0.29) is 11.8 Å². The van der Waals surface area contributed by atoms with Crippen LogP contribution in [-0.4, -0.2) is 87.7 Å². The summed E-state index contributed by atoms with van der Waals surface area (Å²) < 4.78 is 8.51. The van der Waals surface area contributed by atoms with Gasteiger partial charge in [-0.25, -0.2) is 9.97 Å². The topological polar surface area (TPSA) is 79.6 Å². The number of amides is 1. The number of imidazole rings is 1. The summed E-state index contributed by atoms with van der Waals surface area (Å²) in [5, 5.41) is 2.63. The van der Waals surface area contributed by atoms with Gasteiger partial charge in [-0.1, -0.05) is 25.4 Å². The van der Waals surface area contributed by atoms with E-state index in [0.717, 1.165) is 67.7 Å². The summed E-state index contributed by atoms with van der Waals surface area (Å²) in [7, 11) is 0. The number of aromatic nitrogens is 4. The summed E-state index contributed by atoms with van der Waals surface area (Å²) >= 11 is 7.86. The molecule has 2 saturated heterocycles. The molecule has 5 heterocycles. The molecule has 3 aromatic rings. The Bertz CT molecular complexity index is 1180. The fourth-order valence-electron chi connectivity index (χ4n) is 4.50. The van der Waals surface area contributed by atoms with Crippen LogP contribution in [0.25, 0.3) is 16.0 Å². The van der Waals surface area contributed by atoms with E-state index >= 15 is 0 Å². The minimum Gasteiger partial charge on any atom is -0.378 e. The van der Waals surface area contributed by atoms with Crippen LogP contribution in [0, 0.1) is 12.8 Å². The van der Waals surface area contributed by atoms with Crippen molar-refractivity contribution in [2.24, 2.45) is 5.92 Å². The van der Waals surface area contributed by atoms with Gasteiger partial charge in [0, 0.05) is 63.5 Å². The van der Waals surface area contributed by atoms with E-state index in [0.29, 0.717) is 24.3 Å². The number of halogens is 1. The minimum atomic E-state index is 0.0428. The van der Waals surface area contributed by atoms with Crippen LogP contribution >= 0.6 is 22.9 Å². The van der Waals surface area contributed by atoms with Crippen LogP contribution in [0.5, 0.6) is 0 Å². The maximum absolute atomic E-state index is 12.3. The number of carbonyl (C=O) groups excluding carboxylic acids is 1. The Morgan fingerprint density at radius 2 is 1.85 bits per heavy atom. The van der Waals surface area contributed by atoms with Crippen LogP contribution in [0.1, 0.15) is 25.2 Å². The fourth-order valence-corrected chi connectivity index (χ4v) is 5.71. The Kier molecular flexibility index (Phi) is 6.74. The van der Waals surface area contributed by atoms with Gasteiger partial charge in [0.25, 0.3) is 0 Å². The number of morpholine rings is 1. The lowest BCUT2D eigenvalue weighted by atomic mass is 10.1. The van der Waals surface area contributed by atoms with Crippen molar-refractivity contribution in [3.63, 3.8) is 0 Å². The van der Waals surface area contributed by atoms with Gasteiger partial charge in [0.2, 0.25) is 11.9 Å². The number of hydrogen-bond acceptors (Lipinski definition) is 8. The third-order valence-electron chi connectivity index (χ3n) is 6.41. The molecule has 0 saturated carbocycles. The van der Waals surface area contributed by atoms with Gasteiger partial charge in [0.05, 0.1) is 23.4 Å². The highest BCUT2D eigenvalue weighted by Crippen LogP contribution is 2.33. The van der Waals surface area contributed by atoms with E-state index in [2.05, 4.69) is 20.2 Å². The molecule has 0 unspecified atom stereocenters. The number of piperazine rings is 1. The molecule has 34 heavy (non-hydrogen) atoms. The molecule has 0 spiro atoms. The maximum Gasteiger partial charge on any atom is 0.228 e. The largest absolute Gasteiger partial charge is 0.378 e. The lowest BCUT2D eigenvalue weighted by molar-refractivity contribution is -0.136. The van der Waals surface area contributed by atoms with Crippen molar-refractivity contribution in [1.82, 2.24) is 29.3 Å². The second kappa shape index (κ2) is 9.77. The second-order valence-corrected chi connectivity index (χ2v) is 10.4. The van der Waals surface area contributed by atoms with Crippen molar-refractivity contribution in [2.45, 2.75) is 27.3 Å². The minimum absolute atomic E-state index is 0.0428. The molecule has 0 atom stereocenters. The summed E-state index contributed by atoms with van der Waals surface area (Å²) in [6.07, 6.45) is 1.81. The van der Waals surface area contributed by atoms with E-state index in [4.69, 9.17) is 26.3 Å². The lowest BCUT2D eigenvalue weighted by Crippen LogP contribution is -2.49. The zero-order chi connectivity index (χ0) is 23.8. The van der Waals surface area contributed by atoms with Crippen LogP contribution in [0.2, 0.25) is 5.15 Å². The number of carbonyl (C=O) groups is 1. The Morgan fingerprint density at radius 1 is 1.12 bits per heavy atom. The predicted molar refractivity (Wildman–Crippen MR) is 134 cm³/mol. The van der Waals surface area contributed by atoms with E-state index < -0.39 is 0 Å². The second-order valence-electron chi connectivity index (χ2n) is 9.12. The first-order valence-corrected chi connectivity index (χ1v) is 13.0. The lowest BCUT2D eigenvalue weighted by Gasteiger charge is -2.35. The third kappa shape index (κ3) is 4.64. The van der Waals surface area contributed by atoms with Crippen LogP contribution in [0.4, 0.5) is 5.95 Å². The Labute approximate surface area is 208 Å².